The first-order valence-electron chi connectivity index (χ1n) is 5.71. The van der Waals surface area contributed by atoms with E-state index in [1.807, 2.05) is 0 Å². The molecular formula is C14H16F2N2S. The van der Waals surface area contributed by atoms with Crippen molar-refractivity contribution in [3.63, 3.8) is 0 Å². The number of hydrogen-bond acceptors (Lipinski definition) is 2. The van der Waals surface area contributed by atoms with Gasteiger partial charge < -0.3 is 5.73 Å². The number of nitrogens with two attached hydrogens (primary N) is 1. The predicted octanol–water partition coefficient (Wildman–Crippen LogP) is 2.97. The van der Waals surface area contributed by atoms with Crippen LogP contribution in [0.3, 0.4) is 0 Å². The Morgan fingerprint density at radius 3 is 2.32 bits per heavy atom. The Kier molecular flexibility index (Phi) is 5.79. The van der Waals surface area contributed by atoms with Crippen molar-refractivity contribution in [3.05, 3.63) is 60.7 Å². The highest BCUT2D eigenvalue weighted by Crippen LogP contribution is 2.24. The summed E-state index contributed by atoms with van der Waals surface area (Å²) in [6.45, 7) is 8.21. The molecule has 1 unspecified atom stereocenters. The van der Waals surface area contributed by atoms with E-state index in [0.717, 1.165) is 6.07 Å². The van der Waals surface area contributed by atoms with Crippen molar-refractivity contribution in [2.75, 3.05) is 13.1 Å². The van der Waals surface area contributed by atoms with Crippen molar-refractivity contribution in [1.29, 1.82) is 0 Å². The molecule has 1 atom stereocenters. The molecule has 5 heteroatoms. The zero-order valence-corrected chi connectivity index (χ0v) is 11.3. The number of benzene rings is 1. The lowest BCUT2D eigenvalue weighted by Crippen LogP contribution is -2.37. The SMILES string of the molecule is C=CCN(CC=C)C(C(N)=S)c1ccc(F)cc1F. The molecule has 19 heavy (non-hydrogen) atoms. The first kappa shape index (κ1) is 15.5. The van der Waals surface area contributed by atoms with E-state index < -0.39 is 17.7 Å². The van der Waals surface area contributed by atoms with Gasteiger partial charge in [-0.25, -0.2) is 8.78 Å². The summed E-state index contributed by atoms with van der Waals surface area (Å²) in [7, 11) is 0. The molecule has 0 fully saturated rings. The molecule has 0 amide bonds. The molecule has 0 saturated heterocycles. The normalized spacial score (nSPS) is 12.2. The minimum Gasteiger partial charge on any atom is -0.392 e. The molecule has 0 aliphatic heterocycles. The zero-order valence-electron chi connectivity index (χ0n) is 10.5. The molecule has 2 nitrogen and oxygen atoms in total. The van der Waals surface area contributed by atoms with Crippen LogP contribution in [0.4, 0.5) is 8.78 Å². The van der Waals surface area contributed by atoms with Gasteiger partial charge in [0.05, 0.1) is 11.0 Å². The third kappa shape index (κ3) is 3.94. The molecule has 1 rings (SSSR count). The van der Waals surface area contributed by atoms with E-state index in [0.29, 0.717) is 13.1 Å². The highest BCUT2D eigenvalue weighted by molar-refractivity contribution is 7.80. The number of rotatable bonds is 7. The van der Waals surface area contributed by atoms with Crippen LogP contribution in [0, 0.1) is 11.6 Å². The van der Waals surface area contributed by atoms with E-state index in [4.69, 9.17) is 18.0 Å². The lowest BCUT2D eigenvalue weighted by atomic mass is 10.0. The van der Waals surface area contributed by atoms with Gasteiger partial charge in [0.1, 0.15) is 11.6 Å². The van der Waals surface area contributed by atoms with Crippen molar-refractivity contribution >= 4 is 17.2 Å². The van der Waals surface area contributed by atoms with Gasteiger partial charge in [0.15, 0.2) is 0 Å². The fourth-order valence-electron chi connectivity index (χ4n) is 1.87. The third-order valence-electron chi connectivity index (χ3n) is 2.62. The second-order valence-corrected chi connectivity index (χ2v) is 4.47. The van der Waals surface area contributed by atoms with E-state index in [-0.39, 0.29) is 10.6 Å². The summed E-state index contributed by atoms with van der Waals surface area (Å²) in [4.78, 5) is 1.92. The van der Waals surface area contributed by atoms with Gasteiger partial charge in [-0.3, -0.25) is 4.90 Å². The van der Waals surface area contributed by atoms with E-state index in [1.165, 1.54) is 12.1 Å². The highest BCUT2D eigenvalue weighted by Gasteiger charge is 2.24. The highest BCUT2D eigenvalue weighted by atomic mass is 32.1. The van der Waals surface area contributed by atoms with E-state index >= 15 is 0 Å². The predicted molar refractivity (Wildman–Crippen MR) is 77.9 cm³/mol. The molecule has 2 N–H and O–H groups in total. The summed E-state index contributed by atoms with van der Waals surface area (Å²) in [6.07, 6.45) is 3.33. The Balaban J connectivity index is 3.20. The van der Waals surface area contributed by atoms with Crippen LogP contribution in [0.2, 0.25) is 0 Å². The van der Waals surface area contributed by atoms with Gasteiger partial charge in [0.2, 0.25) is 0 Å². The number of halogens is 2. The molecule has 0 bridgehead atoms. The average molecular weight is 282 g/mol. The van der Waals surface area contributed by atoms with Crippen molar-refractivity contribution < 1.29 is 8.78 Å². The summed E-state index contributed by atoms with van der Waals surface area (Å²) in [5.41, 5.74) is 5.95. The lowest BCUT2D eigenvalue weighted by molar-refractivity contribution is 0.295. The van der Waals surface area contributed by atoms with E-state index in [2.05, 4.69) is 13.2 Å². The van der Waals surface area contributed by atoms with Crippen LogP contribution in [0.25, 0.3) is 0 Å². The van der Waals surface area contributed by atoms with E-state index in [1.54, 1.807) is 17.1 Å². The summed E-state index contributed by atoms with van der Waals surface area (Å²) < 4.78 is 26.8. The third-order valence-corrected chi connectivity index (χ3v) is 2.84. The Morgan fingerprint density at radius 1 is 1.32 bits per heavy atom. The van der Waals surface area contributed by atoms with Crippen LogP contribution in [-0.2, 0) is 0 Å². The van der Waals surface area contributed by atoms with Crippen molar-refractivity contribution in [2.45, 2.75) is 6.04 Å². The molecular weight excluding hydrogens is 266 g/mol. The maximum atomic E-state index is 13.9. The van der Waals surface area contributed by atoms with Crippen molar-refractivity contribution in [2.24, 2.45) is 5.73 Å². The zero-order chi connectivity index (χ0) is 14.4. The number of hydrogen-bond donors (Lipinski definition) is 1. The molecule has 0 radical (unpaired) electrons. The largest absolute Gasteiger partial charge is 0.392 e. The smallest absolute Gasteiger partial charge is 0.131 e. The second-order valence-electron chi connectivity index (χ2n) is 4.00. The Hall–Kier alpha value is -1.59. The molecule has 0 aromatic heterocycles. The standard InChI is InChI=1S/C14H16F2N2S/c1-3-7-18(8-4-2)13(14(17)19)11-6-5-10(15)9-12(11)16/h3-6,9,13H,1-2,7-8H2,(H2,17,19). The molecule has 1 aromatic rings. The van der Waals surface area contributed by atoms with Gasteiger partial charge in [0.25, 0.3) is 0 Å². The Morgan fingerprint density at radius 2 is 1.89 bits per heavy atom. The maximum Gasteiger partial charge on any atom is 0.131 e. The topological polar surface area (TPSA) is 29.3 Å². The van der Waals surface area contributed by atoms with Gasteiger partial charge in [-0.1, -0.05) is 30.4 Å². The van der Waals surface area contributed by atoms with Crippen molar-refractivity contribution in [3.8, 4) is 0 Å². The van der Waals surface area contributed by atoms with Crippen LogP contribution in [-0.4, -0.2) is 23.0 Å². The van der Waals surface area contributed by atoms with Crippen LogP contribution in [0.15, 0.2) is 43.5 Å². The van der Waals surface area contributed by atoms with E-state index in [9.17, 15) is 8.78 Å². The molecule has 0 aliphatic carbocycles. The molecule has 0 spiro atoms. The molecule has 0 aliphatic rings. The minimum atomic E-state index is -0.670. The molecule has 102 valence electrons. The van der Waals surface area contributed by atoms with Gasteiger partial charge in [0, 0.05) is 24.7 Å². The quantitative estimate of drug-likeness (QED) is 0.616. The van der Waals surface area contributed by atoms with Crippen LogP contribution >= 0.6 is 12.2 Å². The summed E-state index contributed by atoms with van der Waals surface area (Å²) in [5.74, 6) is -1.31. The summed E-state index contributed by atoms with van der Waals surface area (Å²) in [5, 5.41) is 0. The maximum absolute atomic E-state index is 13.9. The minimum absolute atomic E-state index is 0.120. The molecule has 0 heterocycles. The monoisotopic (exact) mass is 282 g/mol. The van der Waals surface area contributed by atoms with Gasteiger partial charge in [-0.15, -0.1) is 13.2 Å². The number of nitrogens with zero attached hydrogens (tertiary/aromatic N) is 1. The summed E-state index contributed by atoms with van der Waals surface area (Å²) in [6, 6.07) is 2.74. The van der Waals surface area contributed by atoms with Crippen LogP contribution in [0.5, 0.6) is 0 Å². The van der Waals surface area contributed by atoms with Crippen molar-refractivity contribution in [1.82, 2.24) is 4.90 Å². The lowest BCUT2D eigenvalue weighted by Gasteiger charge is -2.29. The fourth-order valence-corrected chi connectivity index (χ4v) is 2.15. The number of thiocarbonyl (C=S) groups is 1. The summed E-state index contributed by atoms with van der Waals surface area (Å²) >= 11 is 5.00. The first-order chi connectivity index (χ1) is 9.01. The molecule has 1 aromatic carbocycles. The van der Waals surface area contributed by atoms with Crippen LogP contribution in [0.1, 0.15) is 11.6 Å². The second kappa shape index (κ2) is 7.11. The first-order valence-corrected chi connectivity index (χ1v) is 6.12. The molecule has 0 saturated carbocycles. The van der Waals surface area contributed by atoms with Gasteiger partial charge >= 0.3 is 0 Å². The fraction of sp³-hybridized carbons (Fsp3) is 0.214. The average Bonchev–Trinajstić information content (AvgIpc) is 2.32. The van der Waals surface area contributed by atoms with Gasteiger partial charge in [-0.05, 0) is 6.07 Å². The Labute approximate surface area is 117 Å². The Bertz CT molecular complexity index is 478. The van der Waals surface area contributed by atoms with Crippen LogP contribution < -0.4 is 5.73 Å². The van der Waals surface area contributed by atoms with Gasteiger partial charge in [-0.2, -0.15) is 0 Å².